The highest BCUT2D eigenvalue weighted by molar-refractivity contribution is 7.78. The van der Waals surface area contributed by atoms with E-state index in [4.69, 9.17) is 0 Å². The van der Waals surface area contributed by atoms with Crippen LogP contribution in [0.1, 0.15) is 12.1 Å². The summed E-state index contributed by atoms with van der Waals surface area (Å²) >= 11 is 3.68. The number of thiol groups is 1. The van der Waals surface area contributed by atoms with Crippen molar-refractivity contribution in [3.05, 3.63) is 30.5 Å². The molecule has 0 bridgehead atoms. The van der Waals surface area contributed by atoms with E-state index in [0.29, 0.717) is 18.7 Å². The first kappa shape index (κ1) is 11.6. The Morgan fingerprint density at radius 2 is 2.35 bits per heavy atom. The van der Waals surface area contributed by atoms with E-state index in [0.717, 1.165) is 11.4 Å². The first-order valence-electron chi connectivity index (χ1n) is 5.03. The Kier molecular flexibility index (Phi) is 3.71. The minimum atomic E-state index is -0.119. The Morgan fingerprint density at radius 3 is 3.06 bits per heavy atom. The van der Waals surface area contributed by atoms with E-state index in [1.807, 2.05) is 0 Å². The van der Waals surface area contributed by atoms with Crippen LogP contribution in [0.2, 0.25) is 0 Å². The van der Waals surface area contributed by atoms with Gasteiger partial charge in [-0.25, -0.2) is 15.0 Å². The lowest BCUT2D eigenvalue weighted by Crippen LogP contribution is -2.12. The lowest BCUT2D eigenvalue weighted by Gasteiger charge is -1.96. The molecule has 0 unspecified atom stereocenters. The number of H-pyrrole nitrogens is 1. The highest BCUT2D eigenvalue weighted by atomic mass is 32.1. The van der Waals surface area contributed by atoms with Gasteiger partial charge in [0, 0.05) is 24.5 Å². The fraction of sp³-hybridized carbons (Fsp3) is 0.200. The Morgan fingerprint density at radius 1 is 1.47 bits per heavy atom. The van der Waals surface area contributed by atoms with Gasteiger partial charge in [0.05, 0.1) is 0 Å². The number of nitrogens with zero attached hydrogens (tertiary/aromatic N) is 3. The van der Waals surface area contributed by atoms with Crippen molar-refractivity contribution in [2.45, 2.75) is 12.8 Å². The lowest BCUT2D eigenvalue weighted by molar-refractivity contribution is -0.119. The highest BCUT2D eigenvalue weighted by Gasteiger charge is 2.06. The molecule has 2 heterocycles. The molecule has 0 saturated carbocycles. The second-order valence-electron chi connectivity index (χ2n) is 3.39. The molecule has 0 atom stereocenters. The van der Waals surface area contributed by atoms with Gasteiger partial charge in [-0.2, -0.15) is 0 Å². The molecule has 7 heteroatoms. The second kappa shape index (κ2) is 5.44. The van der Waals surface area contributed by atoms with Crippen LogP contribution in [0, 0.1) is 0 Å². The van der Waals surface area contributed by atoms with Gasteiger partial charge in [0.25, 0.3) is 0 Å². The maximum Gasteiger partial charge on any atom is 0.230 e. The predicted octanol–water partition coefficient (Wildman–Crippen LogP) is 0.760. The molecule has 88 valence electrons. The van der Waals surface area contributed by atoms with E-state index in [1.165, 1.54) is 6.33 Å². The van der Waals surface area contributed by atoms with Crippen LogP contribution in [-0.2, 0) is 11.2 Å². The Bertz CT molecular complexity index is 498. The maximum absolute atomic E-state index is 11.0. The molecule has 17 heavy (non-hydrogen) atoms. The number of hydrogen-bond acceptors (Lipinski definition) is 5. The molecule has 0 fully saturated rings. The van der Waals surface area contributed by atoms with Gasteiger partial charge in [0.15, 0.2) is 5.82 Å². The summed E-state index contributed by atoms with van der Waals surface area (Å²) in [6, 6.07) is 1.77. The van der Waals surface area contributed by atoms with Crippen LogP contribution in [0.5, 0.6) is 0 Å². The molecule has 2 rings (SSSR count). The van der Waals surface area contributed by atoms with Gasteiger partial charge in [-0.15, -0.1) is 0 Å². The molecule has 0 aromatic carbocycles. The number of hydrogen-bond donors (Lipinski definition) is 3. The first-order chi connectivity index (χ1) is 8.29. The largest absolute Gasteiger partial charge is 0.341 e. The molecular weight excluding hydrogens is 238 g/mol. The van der Waals surface area contributed by atoms with Crippen molar-refractivity contribution in [1.82, 2.24) is 24.7 Å². The first-order valence-corrected chi connectivity index (χ1v) is 5.47. The summed E-state index contributed by atoms with van der Waals surface area (Å²) in [5, 5.41) is 0. The average molecular weight is 249 g/mol. The van der Waals surface area contributed by atoms with Gasteiger partial charge in [-0.3, -0.25) is 4.79 Å². The van der Waals surface area contributed by atoms with Crippen molar-refractivity contribution in [1.29, 1.82) is 0 Å². The number of rotatable bonds is 4. The second-order valence-corrected chi connectivity index (χ2v) is 3.61. The molecule has 0 radical (unpaired) electrons. The molecule has 0 aliphatic rings. The van der Waals surface area contributed by atoms with Gasteiger partial charge >= 0.3 is 0 Å². The summed E-state index contributed by atoms with van der Waals surface area (Å²) in [6.07, 6.45) is 5.77. The standard InChI is InChI=1S/C10H11N5OS/c16-9(15-17)2-1-7-5-12-10(14-7)8-3-4-11-6-13-8/h3-6,17H,1-2H2,(H,12,14)(H,15,16). The van der Waals surface area contributed by atoms with Crippen LogP contribution in [0.25, 0.3) is 11.5 Å². The third kappa shape index (κ3) is 3.04. The molecule has 2 N–H and O–H groups in total. The van der Waals surface area contributed by atoms with E-state index in [9.17, 15) is 4.79 Å². The summed E-state index contributed by atoms with van der Waals surface area (Å²) in [5.74, 6) is 0.556. The van der Waals surface area contributed by atoms with Gasteiger partial charge in [0.1, 0.15) is 12.0 Å². The summed E-state index contributed by atoms with van der Waals surface area (Å²) in [5.41, 5.74) is 1.61. The van der Waals surface area contributed by atoms with Crippen molar-refractivity contribution in [3.8, 4) is 11.5 Å². The number of amides is 1. The zero-order chi connectivity index (χ0) is 12.1. The molecule has 0 aliphatic heterocycles. The Hall–Kier alpha value is -1.89. The topological polar surface area (TPSA) is 83.6 Å². The van der Waals surface area contributed by atoms with Crippen molar-refractivity contribution >= 4 is 18.7 Å². The summed E-state index contributed by atoms with van der Waals surface area (Å²) < 4.78 is 2.27. The van der Waals surface area contributed by atoms with Gasteiger partial charge in [0.2, 0.25) is 5.91 Å². The molecule has 6 nitrogen and oxygen atoms in total. The zero-order valence-corrected chi connectivity index (χ0v) is 9.82. The van der Waals surface area contributed by atoms with Crippen LogP contribution in [0.3, 0.4) is 0 Å². The number of aromatic amines is 1. The zero-order valence-electron chi connectivity index (χ0n) is 8.92. The van der Waals surface area contributed by atoms with Crippen molar-refractivity contribution in [2.75, 3.05) is 0 Å². The van der Waals surface area contributed by atoms with Gasteiger partial charge in [-0.05, 0) is 12.5 Å². The van der Waals surface area contributed by atoms with Crippen molar-refractivity contribution in [3.63, 3.8) is 0 Å². The van der Waals surface area contributed by atoms with E-state index in [1.54, 1.807) is 18.5 Å². The minimum Gasteiger partial charge on any atom is -0.341 e. The fourth-order valence-electron chi connectivity index (χ4n) is 1.35. The fourth-order valence-corrected chi connectivity index (χ4v) is 1.46. The van der Waals surface area contributed by atoms with Gasteiger partial charge in [-0.1, -0.05) is 12.8 Å². The van der Waals surface area contributed by atoms with E-state index in [2.05, 4.69) is 37.5 Å². The van der Waals surface area contributed by atoms with E-state index >= 15 is 0 Å². The number of carbonyl (C=O) groups excluding carboxylic acids is 1. The number of imidazole rings is 1. The summed E-state index contributed by atoms with van der Waals surface area (Å²) in [6.45, 7) is 0. The number of nitrogens with one attached hydrogen (secondary N) is 2. The smallest absolute Gasteiger partial charge is 0.230 e. The summed E-state index contributed by atoms with van der Waals surface area (Å²) in [4.78, 5) is 26.2. The van der Waals surface area contributed by atoms with Crippen LogP contribution >= 0.6 is 12.8 Å². The highest BCUT2D eigenvalue weighted by Crippen LogP contribution is 2.11. The number of aryl methyl sites for hydroxylation is 1. The minimum absolute atomic E-state index is 0.119. The normalized spacial score (nSPS) is 10.2. The monoisotopic (exact) mass is 249 g/mol. The summed E-state index contributed by atoms with van der Waals surface area (Å²) in [7, 11) is 0. The molecule has 2 aromatic rings. The lowest BCUT2D eigenvalue weighted by atomic mass is 10.2. The van der Waals surface area contributed by atoms with E-state index in [-0.39, 0.29) is 5.91 Å². The third-order valence-electron chi connectivity index (χ3n) is 2.20. The Labute approximate surface area is 103 Å². The predicted molar refractivity (Wildman–Crippen MR) is 65.1 cm³/mol. The molecular formula is C10H11N5OS. The molecule has 0 aliphatic carbocycles. The molecule has 0 spiro atoms. The van der Waals surface area contributed by atoms with E-state index < -0.39 is 0 Å². The van der Waals surface area contributed by atoms with Crippen molar-refractivity contribution in [2.24, 2.45) is 0 Å². The molecule has 1 amide bonds. The maximum atomic E-state index is 11.0. The number of carbonyl (C=O) groups is 1. The number of aromatic nitrogens is 4. The Balaban J connectivity index is 2.04. The SMILES string of the molecule is O=C(CCc1cnc(-c2ccncn2)[nH]1)NS. The van der Waals surface area contributed by atoms with Gasteiger partial charge < -0.3 is 9.71 Å². The van der Waals surface area contributed by atoms with Crippen molar-refractivity contribution < 1.29 is 4.79 Å². The van der Waals surface area contributed by atoms with Crippen LogP contribution in [0.15, 0.2) is 24.8 Å². The third-order valence-corrected chi connectivity index (χ3v) is 2.45. The molecule has 2 aromatic heterocycles. The van der Waals surface area contributed by atoms with Crippen LogP contribution in [-0.4, -0.2) is 25.8 Å². The average Bonchev–Trinajstić information content (AvgIpc) is 2.86. The van der Waals surface area contributed by atoms with Crippen LogP contribution in [0.4, 0.5) is 0 Å². The quantitative estimate of drug-likeness (QED) is 0.698. The molecule has 0 saturated heterocycles. The van der Waals surface area contributed by atoms with Crippen LogP contribution < -0.4 is 4.72 Å².